The number of hydrogen-bond donors (Lipinski definition) is 1. The monoisotopic (exact) mass is 185 g/mol. The summed E-state index contributed by atoms with van der Waals surface area (Å²) in [4.78, 5) is 3.16. The highest BCUT2D eigenvalue weighted by atomic mass is 35.6. The number of nitrogens with one attached hydrogen (secondary N) is 1. The Labute approximate surface area is 73.2 Å². The van der Waals surface area contributed by atoms with Crippen molar-refractivity contribution in [3.63, 3.8) is 0 Å². The van der Waals surface area contributed by atoms with Gasteiger partial charge in [-0.25, -0.2) is 0 Å². The van der Waals surface area contributed by atoms with Crippen molar-refractivity contribution in [1.29, 1.82) is 0 Å². The second-order valence-electron chi connectivity index (χ2n) is 2.62. The van der Waals surface area contributed by atoms with E-state index in [1.165, 1.54) is 5.19 Å². The van der Waals surface area contributed by atoms with Gasteiger partial charge in [0.05, 0.1) is 0 Å². The van der Waals surface area contributed by atoms with Gasteiger partial charge in [-0.05, 0) is 18.8 Å². The van der Waals surface area contributed by atoms with Gasteiger partial charge in [0.2, 0.25) is 0 Å². The minimum Gasteiger partial charge on any atom is -0.325 e. The summed E-state index contributed by atoms with van der Waals surface area (Å²) in [6.07, 6.45) is 0. The molecule has 0 fully saturated rings. The van der Waals surface area contributed by atoms with Crippen LogP contribution in [0.3, 0.4) is 0 Å². The van der Waals surface area contributed by atoms with Crippen molar-refractivity contribution in [1.82, 2.24) is 4.98 Å². The molecule has 0 spiro atoms. The van der Waals surface area contributed by atoms with Gasteiger partial charge >= 0.3 is 0 Å². The second kappa shape index (κ2) is 3.39. The molecule has 1 atom stereocenters. The highest BCUT2D eigenvalue weighted by Gasteiger charge is 2.24. The summed E-state index contributed by atoms with van der Waals surface area (Å²) in [6.45, 7) is 2.07. The van der Waals surface area contributed by atoms with Gasteiger partial charge in [-0.1, -0.05) is 30.3 Å². The maximum absolute atomic E-state index is 6.27. The summed E-state index contributed by atoms with van der Waals surface area (Å²) in [5, 5.41) is 1.23. The van der Waals surface area contributed by atoms with E-state index >= 15 is 0 Å². The summed E-state index contributed by atoms with van der Waals surface area (Å²) >= 11 is 6.27. The Hall–Kier alpha value is -0.313. The molecule has 3 heteroatoms. The predicted molar refractivity (Wildman–Crippen MR) is 52.6 cm³/mol. The maximum atomic E-state index is 6.27. The summed E-state index contributed by atoms with van der Waals surface area (Å²) < 4.78 is 0. The quantitative estimate of drug-likeness (QED) is 0.543. The number of hydrogen-bond acceptors (Lipinski definition) is 1. The average Bonchev–Trinajstić information content (AvgIpc) is 2.06. The minimum atomic E-state index is -1.83. The lowest BCUT2D eigenvalue weighted by Gasteiger charge is -2.17. The molecular weight excluding hydrogens is 174 g/mol. The van der Waals surface area contributed by atoms with Gasteiger partial charge in [0.25, 0.3) is 7.55 Å². The molecule has 1 aromatic rings. The fourth-order valence-electron chi connectivity index (χ4n) is 0.895. The van der Waals surface area contributed by atoms with Crippen molar-refractivity contribution in [3.05, 3.63) is 30.3 Å². The molecule has 0 saturated heterocycles. The summed E-state index contributed by atoms with van der Waals surface area (Å²) in [7, 11) is 0.0778. The summed E-state index contributed by atoms with van der Waals surface area (Å²) in [6, 6.07) is 10.2. The standard InChI is InChI=1S/C8H12ClNSi/c1-10-11(2,9)8-6-4-3-5-7-8/h3-7,10H,1-2H3. The molecule has 0 bridgehead atoms. The van der Waals surface area contributed by atoms with Crippen molar-refractivity contribution in [3.8, 4) is 0 Å². The molecule has 0 aliphatic heterocycles. The maximum Gasteiger partial charge on any atom is 0.254 e. The molecule has 0 aliphatic carbocycles. The van der Waals surface area contributed by atoms with E-state index in [1.54, 1.807) is 0 Å². The van der Waals surface area contributed by atoms with Crippen LogP contribution in [0.4, 0.5) is 0 Å². The van der Waals surface area contributed by atoms with Crippen molar-refractivity contribution in [2.75, 3.05) is 7.05 Å². The van der Waals surface area contributed by atoms with E-state index in [1.807, 2.05) is 25.2 Å². The highest BCUT2D eigenvalue weighted by molar-refractivity contribution is 7.25. The SMILES string of the molecule is CN[Si](C)(Cl)c1ccccc1. The van der Waals surface area contributed by atoms with E-state index in [0.717, 1.165) is 0 Å². The van der Waals surface area contributed by atoms with E-state index in [4.69, 9.17) is 11.1 Å². The minimum absolute atomic E-state index is 1.23. The topological polar surface area (TPSA) is 12.0 Å². The molecule has 1 nitrogen and oxygen atoms in total. The first-order valence-electron chi connectivity index (χ1n) is 3.60. The normalized spacial score (nSPS) is 15.9. The van der Waals surface area contributed by atoms with E-state index < -0.39 is 7.55 Å². The first kappa shape index (κ1) is 8.78. The Morgan fingerprint density at radius 2 is 1.82 bits per heavy atom. The molecule has 0 saturated carbocycles. The first-order chi connectivity index (χ1) is 5.17. The van der Waals surface area contributed by atoms with Gasteiger partial charge in [-0.3, -0.25) is 0 Å². The summed E-state index contributed by atoms with van der Waals surface area (Å²) in [5.41, 5.74) is 0. The van der Waals surface area contributed by atoms with Gasteiger partial charge in [-0.15, -0.1) is 11.1 Å². The van der Waals surface area contributed by atoms with Gasteiger partial charge in [0.15, 0.2) is 0 Å². The average molecular weight is 186 g/mol. The molecule has 0 aliphatic rings. The van der Waals surface area contributed by atoms with Gasteiger partial charge in [-0.2, -0.15) is 0 Å². The molecule has 11 heavy (non-hydrogen) atoms. The second-order valence-corrected chi connectivity index (χ2v) is 7.97. The number of benzene rings is 1. The van der Waals surface area contributed by atoms with Crippen LogP contribution in [-0.4, -0.2) is 14.6 Å². The lowest BCUT2D eigenvalue weighted by molar-refractivity contribution is 1.21. The molecule has 1 rings (SSSR count). The zero-order valence-electron chi connectivity index (χ0n) is 6.76. The van der Waals surface area contributed by atoms with Crippen molar-refractivity contribution in [2.24, 2.45) is 0 Å². The van der Waals surface area contributed by atoms with Gasteiger partial charge in [0, 0.05) is 0 Å². The van der Waals surface area contributed by atoms with Crippen LogP contribution in [0.5, 0.6) is 0 Å². The molecule has 1 N–H and O–H groups in total. The lowest BCUT2D eigenvalue weighted by atomic mass is 10.4. The Bertz CT molecular complexity index is 223. The van der Waals surface area contributed by atoms with Crippen LogP contribution < -0.4 is 10.2 Å². The molecule has 0 aromatic heterocycles. The Balaban J connectivity index is 2.93. The van der Waals surface area contributed by atoms with Gasteiger partial charge < -0.3 is 4.98 Å². The Morgan fingerprint density at radius 1 is 1.27 bits per heavy atom. The van der Waals surface area contributed by atoms with Crippen LogP contribution in [0.25, 0.3) is 0 Å². The third-order valence-electron chi connectivity index (χ3n) is 1.79. The molecule has 60 valence electrons. The van der Waals surface area contributed by atoms with Crippen LogP contribution in [0.15, 0.2) is 30.3 Å². The Kier molecular flexibility index (Phi) is 2.71. The van der Waals surface area contributed by atoms with E-state index in [-0.39, 0.29) is 0 Å². The molecular formula is C8H12ClNSi. The highest BCUT2D eigenvalue weighted by Crippen LogP contribution is 2.03. The fraction of sp³-hybridized carbons (Fsp3) is 0.250. The van der Waals surface area contributed by atoms with Crippen LogP contribution in [0.1, 0.15) is 0 Å². The zero-order valence-corrected chi connectivity index (χ0v) is 8.52. The zero-order chi connectivity index (χ0) is 8.32. The Morgan fingerprint density at radius 3 is 2.27 bits per heavy atom. The van der Waals surface area contributed by atoms with Crippen LogP contribution in [-0.2, 0) is 0 Å². The third kappa shape index (κ3) is 2.06. The first-order valence-corrected chi connectivity index (χ1v) is 7.11. The van der Waals surface area contributed by atoms with E-state index in [0.29, 0.717) is 0 Å². The lowest BCUT2D eigenvalue weighted by Crippen LogP contribution is -2.51. The third-order valence-corrected chi connectivity index (χ3v) is 5.36. The van der Waals surface area contributed by atoms with Crippen LogP contribution in [0, 0.1) is 0 Å². The summed E-state index contributed by atoms with van der Waals surface area (Å²) in [5.74, 6) is 0. The molecule has 1 unspecified atom stereocenters. The number of rotatable bonds is 2. The van der Waals surface area contributed by atoms with Crippen molar-refractivity contribution in [2.45, 2.75) is 6.55 Å². The largest absolute Gasteiger partial charge is 0.325 e. The van der Waals surface area contributed by atoms with Crippen molar-refractivity contribution < 1.29 is 0 Å². The number of halogens is 1. The van der Waals surface area contributed by atoms with Crippen LogP contribution >= 0.6 is 11.1 Å². The predicted octanol–water partition coefficient (Wildman–Crippen LogP) is 1.42. The smallest absolute Gasteiger partial charge is 0.254 e. The van der Waals surface area contributed by atoms with Crippen LogP contribution in [0.2, 0.25) is 6.55 Å². The molecule has 0 heterocycles. The molecule has 0 radical (unpaired) electrons. The van der Waals surface area contributed by atoms with Gasteiger partial charge in [0.1, 0.15) is 0 Å². The molecule has 1 aromatic carbocycles. The van der Waals surface area contributed by atoms with E-state index in [9.17, 15) is 0 Å². The van der Waals surface area contributed by atoms with E-state index in [2.05, 4.69) is 23.7 Å². The van der Waals surface area contributed by atoms with Crippen molar-refractivity contribution >= 4 is 23.8 Å². The molecule has 0 amide bonds. The fourth-order valence-corrected chi connectivity index (χ4v) is 2.38.